The number of para-hydroxylation sites is 1. The molecule has 0 fully saturated rings. The summed E-state index contributed by atoms with van der Waals surface area (Å²) >= 11 is 7.02. The number of halogens is 1. The number of carbonyl (C=O) groups excluding carboxylic acids is 1. The normalized spacial score (nSPS) is 17.0. The number of aliphatic hydroxyl groups is 1. The molecule has 0 unspecified atom stereocenters. The second-order valence-electron chi connectivity index (χ2n) is 5.51. The summed E-state index contributed by atoms with van der Waals surface area (Å²) < 4.78 is 5.06. The average molecular weight is 402 g/mol. The maximum absolute atomic E-state index is 12.3. The summed E-state index contributed by atoms with van der Waals surface area (Å²) in [5.41, 5.74) is 1.10. The van der Waals surface area contributed by atoms with Gasteiger partial charge in [0.05, 0.1) is 17.2 Å². The van der Waals surface area contributed by atoms with Gasteiger partial charge in [0.1, 0.15) is 22.1 Å². The average Bonchev–Trinajstić information content (AvgIpc) is 2.94. The predicted octanol–water partition coefficient (Wildman–Crippen LogP) is 5.24. The Morgan fingerprint density at radius 1 is 1.19 bits per heavy atom. The van der Waals surface area contributed by atoms with Crippen molar-refractivity contribution in [3.05, 3.63) is 75.4 Å². The molecule has 2 aromatic carbocycles. The highest BCUT2D eigenvalue weighted by Gasteiger charge is 2.33. The lowest BCUT2D eigenvalue weighted by Crippen LogP contribution is -2.12. The summed E-state index contributed by atoms with van der Waals surface area (Å²) in [6, 6.07) is 13.5. The van der Waals surface area contributed by atoms with E-state index in [0.29, 0.717) is 26.2 Å². The van der Waals surface area contributed by atoms with Gasteiger partial charge in [-0.1, -0.05) is 41.6 Å². The number of hydrogen-bond acceptors (Lipinski definition) is 6. The van der Waals surface area contributed by atoms with Crippen LogP contribution in [0, 0.1) is 0 Å². The third kappa shape index (κ3) is 4.35. The van der Waals surface area contributed by atoms with E-state index in [9.17, 15) is 15.0 Å². The zero-order chi connectivity index (χ0) is 19.4. The molecule has 7 heteroatoms. The van der Waals surface area contributed by atoms with E-state index in [0.717, 1.165) is 11.8 Å². The van der Waals surface area contributed by atoms with E-state index in [1.165, 1.54) is 0 Å². The molecule has 5 nitrogen and oxygen atoms in total. The van der Waals surface area contributed by atoms with E-state index in [1.807, 2.05) is 0 Å². The number of ether oxygens (including phenoxy) is 1. The van der Waals surface area contributed by atoms with Crippen LogP contribution in [0.5, 0.6) is 5.75 Å². The van der Waals surface area contributed by atoms with E-state index in [1.54, 1.807) is 61.5 Å². The third-order valence-corrected chi connectivity index (χ3v) is 4.92. The van der Waals surface area contributed by atoms with Crippen molar-refractivity contribution in [2.75, 3.05) is 6.61 Å². The Hall–Kier alpha value is -2.70. The molecule has 2 N–H and O–H groups in total. The van der Waals surface area contributed by atoms with Gasteiger partial charge in [-0.15, -0.1) is 0 Å². The molecule has 0 saturated heterocycles. The van der Waals surface area contributed by atoms with Crippen LogP contribution in [0.15, 0.2) is 69.8 Å². The fraction of sp³-hybridized carbons (Fsp3) is 0.100. The Balaban J connectivity index is 2.05. The van der Waals surface area contributed by atoms with Gasteiger partial charge in [-0.25, -0.2) is 9.79 Å². The lowest BCUT2D eigenvalue weighted by atomic mass is 10.1. The molecule has 0 spiro atoms. The first-order valence-electron chi connectivity index (χ1n) is 8.12. The molecule has 0 radical (unpaired) electrons. The Bertz CT molecular complexity index is 964. The number of benzene rings is 2. The first-order chi connectivity index (χ1) is 13.0. The second-order valence-corrected chi connectivity index (χ2v) is 6.97. The van der Waals surface area contributed by atoms with Crippen LogP contribution < -0.4 is 0 Å². The van der Waals surface area contributed by atoms with Crippen LogP contribution in [0.1, 0.15) is 12.5 Å². The van der Waals surface area contributed by atoms with Gasteiger partial charge >= 0.3 is 5.97 Å². The number of thioether (sulfide) groups is 1. The van der Waals surface area contributed by atoms with Crippen molar-refractivity contribution in [2.45, 2.75) is 6.92 Å². The molecule has 1 aliphatic heterocycles. The van der Waals surface area contributed by atoms with E-state index in [-0.39, 0.29) is 23.7 Å². The number of esters is 1. The molecule has 2 aromatic rings. The summed E-state index contributed by atoms with van der Waals surface area (Å²) in [5, 5.41) is 21.4. The maximum Gasteiger partial charge on any atom is 0.344 e. The van der Waals surface area contributed by atoms with Crippen molar-refractivity contribution in [1.82, 2.24) is 0 Å². The third-order valence-electron chi connectivity index (χ3n) is 3.65. The molecule has 0 amide bonds. The van der Waals surface area contributed by atoms with Gasteiger partial charge in [-0.2, -0.15) is 0 Å². The number of aliphatic hydroxyl groups excluding tert-OH is 1. The summed E-state index contributed by atoms with van der Waals surface area (Å²) in [4.78, 5) is 17.2. The zero-order valence-electron chi connectivity index (χ0n) is 14.3. The van der Waals surface area contributed by atoms with Gasteiger partial charge < -0.3 is 14.9 Å². The molecular formula is C20H16ClNO4S. The SMILES string of the molecule is CCOC(=O)C1=C(O)/C(=C\c2ccccc2O)SC1=Nc1ccc(Cl)cc1. The number of rotatable bonds is 4. The van der Waals surface area contributed by atoms with Crippen LogP contribution in [-0.2, 0) is 9.53 Å². The molecule has 27 heavy (non-hydrogen) atoms. The Morgan fingerprint density at radius 3 is 2.56 bits per heavy atom. The van der Waals surface area contributed by atoms with E-state index in [2.05, 4.69) is 4.99 Å². The van der Waals surface area contributed by atoms with Crippen molar-refractivity contribution < 1.29 is 19.7 Å². The van der Waals surface area contributed by atoms with Gasteiger partial charge in [-0.3, -0.25) is 0 Å². The summed E-state index contributed by atoms with van der Waals surface area (Å²) in [6.07, 6.45) is 1.60. The molecule has 1 aliphatic rings. The van der Waals surface area contributed by atoms with Crippen molar-refractivity contribution in [3.8, 4) is 5.75 Å². The highest BCUT2D eigenvalue weighted by atomic mass is 35.5. The molecule has 0 atom stereocenters. The van der Waals surface area contributed by atoms with E-state index in [4.69, 9.17) is 16.3 Å². The van der Waals surface area contributed by atoms with Crippen LogP contribution in [-0.4, -0.2) is 27.8 Å². The first-order valence-corrected chi connectivity index (χ1v) is 9.32. The van der Waals surface area contributed by atoms with Crippen molar-refractivity contribution >= 4 is 46.1 Å². The van der Waals surface area contributed by atoms with Crippen molar-refractivity contribution in [3.63, 3.8) is 0 Å². The van der Waals surface area contributed by atoms with Gasteiger partial charge in [0.25, 0.3) is 0 Å². The molecule has 3 rings (SSSR count). The fourth-order valence-electron chi connectivity index (χ4n) is 2.38. The molecule has 0 aromatic heterocycles. The van der Waals surface area contributed by atoms with Crippen LogP contribution in [0.4, 0.5) is 5.69 Å². The van der Waals surface area contributed by atoms with Crippen LogP contribution >= 0.6 is 23.4 Å². The smallest absolute Gasteiger partial charge is 0.344 e. The molecular weight excluding hydrogens is 386 g/mol. The van der Waals surface area contributed by atoms with Gasteiger partial charge in [0.2, 0.25) is 0 Å². The summed E-state index contributed by atoms with van der Waals surface area (Å²) in [6.45, 7) is 1.86. The first kappa shape index (κ1) is 19.1. The van der Waals surface area contributed by atoms with Crippen LogP contribution in [0.3, 0.4) is 0 Å². The standard InChI is InChI=1S/C20H16ClNO4S/c1-2-26-20(25)17-18(24)16(11-12-5-3-4-6-15(12)23)27-19(17)22-14-9-7-13(21)8-10-14/h3-11,23-24H,2H2,1H3/b16-11+,22-19?. The number of nitrogens with zero attached hydrogens (tertiary/aromatic N) is 1. The maximum atomic E-state index is 12.3. The van der Waals surface area contributed by atoms with Gasteiger partial charge in [-0.05, 0) is 43.3 Å². The highest BCUT2D eigenvalue weighted by molar-refractivity contribution is 8.18. The predicted molar refractivity (Wildman–Crippen MR) is 109 cm³/mol. The van der Waals surface area contributed by atoms with Gasteiger partial charge in [0, 0.05) is 10.6 Å². The number of aromatic hydroxyl groups is 1. The molecule has 0 saturated carbocycles. The minimum atomic E-state index is -0.657. The number of phenols is 1. The summed E-state index contributed by atoms with van der Waals surface area (Å²) in [5.74, 6) is -0.815. The fourth-order valence-corrected chi connectivity index (χ4v) is 3.53. The van der Waals surface area contributed by atoms with Gasteiger partial charge in [0.15, 0.2) is 0 Å². The topological polar surface area (TPSA) is 79.1 Å². The lowest BCUT2D eigenvalue weighted by molar-refractivity contribution is -0.138. The zero-order valence-corrected chi connectivity index (χ0v) is 15.9. The molecule has 138 valence electrons. The monoisotopic (exact) mass is 401 g/mol. The molecule has 0 aliphatic carbocycles. The number of phenolic OH excluding ortho intramolecular Hbond substituents is 1. The summed E-state index contributed by atoms with van der Waals surface area (Å²) in [7, 11) is 0. The van der Waals surface area contributed by atoms with E-state index >= 15 is 0 Å². The Labute approximate surface area is 165 Å². The largest absolute Gasteiger partial charge is 0.507 e. The Kier molecular flexibility index (Phi) is 5.88. The minimum Gasteiger partial charge on any atom is -0.507 e. The number of aliphatic imine (C=N–C) groups is 1. The second kappa shape index (κ2) is 8.33. The van der Waals surface area contributed by atoms with E-state index < -0.39 is 5.97 Å². The van der Waals surface area contributed by atoms with Crippen LogP contribution in [0.2, 0.25) is 5.02 Å². The Morgan fingerprint density at radius 2 is 1.89 bits per heavy atom. The number of carbonyl (C=O) groups is 1. The molecule has 0 bridgehead atoms. The number of hydrogen-bond donors (Lipinski definition) is 2. The lowest BCUT2D eigenvalue weighted by Gasteiger charge is -2.03. The molecule has 1 heterocycles. The van der Waals surface area contributed by atoms with Crippen molar-refractivity contribution in [1.29, 1.82) is 0 Å². The van der Waals surface area contributed by atoms with Crippen LogP contribution in [0.25, 0.3) is 6.08 Å². The minimum absolute atomic E-state index is 0.00142. The quantitative estimate of drug-likeness (QED) is 0.685. The highest BCUT2D eigenvalue weighted by Crippen LogP contribution is 2.41. The van der Waals surface area contributed by atoms with Crippen molar-refractivity contribution in [2.24, 2.45) is 4.99 Å².